The molecule has 102 valence electrons. The molecule has 0 bridgehead atoms. The van der Waals surface area contributed by atoms with Crippen LogP contribution in [0.3, 0.4) is 0 Å². The third-order valence-corrected chi connectivity index (χ3v) is 2.77. The summed E-state index contributed by atoms with van der Waals surface area (Å²) in [6.45, 7) is 0. The Morgan fingerprint density at radius 2 is 1.62 bits per heavy atom. The number of amides is 1. The van der Waals surface area contributed by atoms with Crippen LogP contribution in [0.2, 0.25) is 0 Å². The lowest BCUT2D eigenvalue weighted by molar-refractivity contribution is -0.117. The Hall–Kier alpha value is -3.31. The van der Waals surface area contributed by atoms with Crippen molar-refractivity contribution in [2.45, 2.75) is 6.42 Å². The van der Waals surface area contributed by atoms with Gasteiger partial charge in [0, 0.05) is 0 Å². The van der Waals surface area contributed by atoms with Crippen molar-refractivity contribution < 1.29 is 9.53 Å². The normalized spacial score (nSPS) is 9.43. The molecule has 0 aromatic heterocycles. The second-order valence-electron chi connectivity index (χ2n) is 4.32. The molecule has 0 spiro atoms. The van der Waals surface area contributed by atoms with E-state index in [0.717, 1.165) is 5.56 Å². The van der Waals surface area contributed by atoms with Gasteiger partial charge in [0.2, 0.25) is 5.91 Å². The maximum atomic E-state index is 10.8. The topological polar surface area (TPSA) is 99.9 Å². The van der Waals surface area contributed by atoms with Crippen LogP contribution in [0, 0.1) is 22.7 Å². The van der Waals surface area contributed by atoms with Gasteiger partial charge in [-0.15, -0.1) is 0 Å². The molecule has 0 unspecified atom stereocenters. The number of rotatable bonds is 4. The quantitative estimate of drug-likeness (QED) is 0.926. The first-order valence-corrected chi connectivity index (χ1v) is 6.11. The third kappa shape index (κ3) is 3.59. The first-order chi connectivity index (χ1) is 10.1. The minimum atomic E-state index is -0.394. The van der Waals surface area contributed by atoms with Crippen LogP contribution in [-0.4, -0.2) is 5.91 Å². The number of hydrogen-bond donors (Lipinski definition) is 1. The van der Waals surface area contributed by atoms with Crippen molar-refractivity contribution >= 4 is 5.91 Å². The Morgan fingerprint density at radius 1 is 1.00 bits per heavy atom. The van der Waals surface area contributed by atoms with Crippen LogP contribution in [0.5, 0.6) is 11.5 Å². The zero-order valence-electron chi connectivity index (χ0n) is 11.0. The summed E-state index contributed by atoms with van der Waals surface area (Å²) in [5, 5.41) is 17.8. The van der Waals surface area contributed by atoms with Crippen LogP contribution in [0.15, 0.2) is 42.5 Å². The first kappa shape index (κ1) is 14.1. The van der Waals surface area contributed by atoms with E-state index in [1.54, 1.807) is 30.3 Å². The molecule has 2 N–H and O–H groups in total. The summed E-state index contributed by atoms with van der Waals surface area (Å²) in [5.74, 6) is 0.638. The first-order valence-electron chi connectivity index (χ1n) is 6.11. The van der Waals surface area contributed by atoms with E-state index in [1.807, 2.05) is 12.1 Å². The van der Waals surface area contributed by atoms with Crippen LogP contribution in [0.25, 0.3) is 0 Å². The molecule has 2 rings (SSSR count). The van der Waals surface area contributed by atoms with Gasteiger partial charge in [-0.3, -0.25) is 4.79 Å². The van der Waals surface area contributed by atoms with Gasteiger partial charge in [-0.05, 0) is 35.9 Å². The lowest BCUT2D eigenvalue weighted by Crippen LogP contribution is -2.13. The average molecular weight is 277 g/mol. The zero-order valence-corrected chi connectivity index (χ0v) is 11.0. The van der Waals surface area contributed by atoms with Gasteiger partial charge >= 0.3 is 0 Å². The molecule has 0 heterocycles. The lowest BCUT2D eigenvalue weighted by Gasteiger charge is -2.07. The summed E-state index contributed by atoms with van der Waals surface area (Å²) in [7, 11) is 0. The average Bonchev–Trinajstić information content (AvgIpc) is 2.48. The predicted octanol–water partition coefficient (Wildman–Crippen LogP) is 2.25. The van der Waals surface area contributed by atoms with E-state index < -0.39 is 5.91 Å². The molecule has 1 amide bonds. The fourth-order valence-electron chi connectivity index (χ4n) is 1.79. The molecule has 21 heavy (non-hydrogen) atoms. The van der Waals surface area contributed by atoms with E-state index in [2.05, 4.69) is 0 Å². The number of nitriles is 2. The maximum absolute atomic E-state index is 10.8. The van der Waals surface area contributed by atoms with E-state index in [0.29, 0.717) is 17.1 Å². The van der Waals surface area contributed by atoms with Gasteiger partial charge in [0.25, 0.3) is 0 Å². The van der Waals surface area contributed by atoms with Crippen LogP contribution in [-0.2, 0) is 11.2 Å². The Kier molecular flexibility index (Phi) is 4.18. The fraction of sp³-hybridized carbons (Fsp3) is 0.0625. The molecule has 0 saturated carbocycles. The van der Waals surface area contributed by atoms with Gasteiger partial charge in [0.05, 0.1) is 17.5 Å². The molecule has 0 atom stereocenters. The number of primary amides is 1. The van der Waals surface area contributed by atoms with Crippen molar-refractivity contribution in [3.05, 3.63) is 59.2 Å². The second kappa shape index (κ2) is 6.23. The molecule has 0 saturated heterocycles. The maximum Gasteiger partial charge on any atom is 0.221 e. The number of ether oxygens (including phenoxy) is 1. The Bertz CT molecular complexity index is 753. The molecule has 5 nitrogen and oxygen atoms in total. The molecule has 5 heteroatoms. The van der Waals surface area contributed by atoms with E-state index >= 15 is 0 Å². The molecule has 2 aromatic rings. The molecule has 2 aromatic carbocycles. The monoisotopic (exact) mass is 277 g/mol. The second-order valence-corrected chi connectivity index (χ2v) is 4.32. The van der Waals surface area contributed by atoms with Crippen molar-refractivity contribution in [2.75, 3.05) is 0 Å². The Labute approximate surface area is 121 Å². The van der Waals surface area contributed by atoms with Crippen molar-refractivity contribution in [1.29, 1.82) is 10.5 Å². The fourth-order valence-corrected chi connectivity index (χ4v) is 1.79. The summed E-state index contributed by atoms with van der Waals surface area (Å²) >= 11 is 0. The Morgan fingerprint density at radius 3 is 2.19 bits per heavy atom. The minimum absolute atomic E-state index is 0.176. The van der Waals surface area contributed by atoms with Gasteiger partial charge in [0.1, 0.15) is 23.6 Å². The SMILES string of the molecule is N#Cc1ccc(Oc2ccc(CC(N)=O)cc2)cc1C#N. The van der Waals surface area contributed by atoms with Crippen molar-refractivity contribution in [3.8, 4) is 23.6 Å². The Balaban J connectivity index is 2.17. The highest BCUT2D eigenvalue weighted by atomic mass is 16.5. The zero-order chi connectivity index (χ0) is 15.2. The molecular formula is C16H11N3O2. The predicted molar refractivity (Wildman–Crippen MR) is 75.3 cm³/mol. The minimum Gasteiger partial charge on any atom is -0.457 e. The lowest BCUT2D eigenvalue weighted by atomic mass is 10.1. The van der Waals surface area contributed by atoms with Crippen molar-refractivity contribution in [1.82, 2.24) is 0 Å². The van der Waals surface area contributed by atoms with Crippen molar-refractivity contribution in [3.63, 3.8) is 0 Å². The van der Waals surface area contributed by atoms with Gasteiger partial charge in [-0.1, -0.05) is 12.1 Å². The summed E-state index contributed by atoms with van der Waals surface area (Å²) in [6.07, 6.45) is 0.176. The molecule has 0 fully saturated rings. The molecule has 0 aliphatic carbocycles. The van der Waals surface area contributed by atoms with Crippen LogP contribution in [0.1, 0.15) is 16.7 Å². The summed E-state index contributed by atoms with van der Waals surface area (Å²) < 4.78 is 5.60. The number of carbonyl (C=O) groups excluding carboxylic acids is 1. The molecular weight excluding hydrogens is 266 g/mol. The van der Waals surface area contributed by atoms with E-state index in [9.17, 15) is 4.79 Å². The van der Waals surface area contributed by atoms with Crippen LogP contribution < -0.4 is 10.5 Å². The van der Waals surface area contributed by atoms with E-state index in [-0.39, 0.29) is 12.0 Å². The number of nitrogens with zero attached hydrogens (tertiary/aromatic N) is 2. The highest BCUT2D eigenvalue weighted by Crippen LogP contribution is 2.24. The molecule has 0 radical (unpaired) electrons. The third-order valence-electron chi connectivity index (χ3n) is 2.77. The number of hydrogen-bond acceptors (Lipinski definition) is 4. The van der Waals surface area contributed by atoms with Crippen molar-refractivity contribution in [2.24, 2.45) is 5.73 Å². The van der Waals surface area contributed by atoms with Gasteiger partial charge in [-0.2, -0.15) is 10.5 Å². The summed E-state index contributed by atoms with van der Waals surface area (Å²) in [6, 6.07) is 15.5. The van der Waals surface area contributed by atoms with Crippen LogP contribution in [0.4, 0.5) is 0 Å². The van der Waals surface area contributed by atoms with Gasteiger partial charge < -0.3 is 10.5 Å². The number of nitrogens with two attached hydrogens (primary N) is 1. The molecule has 0 aliphatic heterocycles. The van der Waals surface area contributed by atoms with E-state index in [4.69, 9.17) is 21.0 Å². The van der Waals surface area contributed by atoms with Gasteiger partial charge in [0.15, 0.2) is 0 Å². The summed E-state index contributed by atoms with van der Waals surface area (Å²) in [5.41, 5.74) is 6.49. The van der Waals surface area contributed by atoms with E-state index in [1.165, 1.54) is 12.1 Å². The standard InChI is InChI=1S/C16H11N3O2/c17-9-12-3-6-15(8-13(12)10-18)21-14-4-1-11(2-5-14)7-16(19)20/h1-6,8H,7H2,(H2,19,20). The summed E-state index contributed by atoms with van der Waals surface area (Å²) in [4.78, 5) is 10.8. The highest BCUT2D eigenvalue weighted by molar-refractivity contribution is 5.76. The highest BCUT2D eigenvalue weighted by Gasteiger charge is 2.05. The van der Waals surface area contributed by atoms with Gasteiger partial charge in [-0.25, -0.2) is 0 Å². The molecule has 0 aliphatic rings. The number of carbonyl (C=O) groups is 1. The van der Waals surface area contributed by atoms with Crippen LogP contribution >= 0.6 is 0 Å². The smallest absolute Gasteiger partial charge is 0.221 e. The largest absolute Gasteiger partial charge is 0.457 e. The number of benzene rings is 2.